The zero-order chi connectivity index (χ0) is 21.8. The van der Waals surface area contributed by atoms with E-state index in [1.54, 1.807) is 13.1 Å². The van der Waals surface area contributed by atoms with E-state index in [1.165, 1.54) is 4.57 Å². The molecule has 2 atom stereocenters. The van der Waals surface area contributed by atoms with E-state index in [-0.39, 0.29) is 5.91 Å². The van der Waals surface area contributed by atoms with Crippen LogP contribution in [0.1, 0.15) is 18.4 Å². The summed E-state index contributed by atoms with van der Waals surface area (Å²) in [7, 11) is 1.67. The van der Waals surface area contributed by atoms with Crippen molar-refractivity contribution in [1.82, 2.24) is 15.2 Å². The second kappa shape index (κ2) is 9.16. The van der Waals surface area contributed by atoms with Crippen molar-refractivity contribution in [2.75, 3.05) is 13.2 Å². The predicted octanol–water partition coefficient (Wildman–Crippen LogP) is 2.08. The molecule has 31 heavy (non-hydrogen) atoms. The molecule has 2 aromatic carbocycles. The lowest BCUT2D eigenvalue weighted by Gasteiger charge is -2.18. The largest absolute Gasteiger partial charge is 0.419 e. The Morgan fingerprint density at radius 2 is 2.03 bits per heavy atom. The van der Waals surface area contributed by atoms with Crippen LogP contribution in [0.15, 0.2) is 51.7 Å². The van der Waals surface area contributed by atoms with Crippen LogP contribution < -0.4 is 16.4 Å². The van der Waals surface area contributed by atoms with Gasteiger partial charge in [-0.3, -0.25) is 14.7 Å². The first kappa shape index (κ1) is 20.8. The highest BCUT2D eigenvalue weighted by molar-refractivity contribution is 5.81. The van der Waals surface area contributed by atoms with Crippen molar-refractivity contribution in [3.63, 3.8) is 0 Å². The number of carbonyl (C=O) groups excluding carboxylic acids is 1. The van der Waals surface area contributed by atoms with E-state index in [9.17, 15) is 14.9 Å². The minimum atomic E-state index is -0.713. The van der Waals surface area contributed by atoms with Crippen molar-refractivity contribution in [1.29, 1.82) is 5.26 Å². The van der Waals surface area contributed by atoms with Gasteiger partial charge in [0.15, 0.2) is 11.8 Å². The van der Waals surface area contributed by atoms with Gasteiger partial charge in [0, 0.05) is 20.1 Å². The number of oxazole rings is 1. The maximum atomic E-state index is 12.4. The van der Waals surface area contributed by atoms with Gasteiger partial charge in [0.25, 0.3) is 5.91 Å². The summed E-state index contributed by atoms with van der Waals surface area (Å²) < 4.78 is 12.2. The normalized spacial score (nSPS) is 17.6. The Kier molecular flexibility index (Phi) is 6.16. The molecule has 1 aliphatic rings. The number of nitrogens with zero attached hydrogens (tertiary/aromatic N) is 2. The molecule has 0 aliphatic carbocycles. The number of amides is 1. The molecule has 8 nitrogen and oxygen atoms in total. The number of aromatic nitrogens is 1. The molecule has 0 spiro atoms. The zero-order valence-electron chi connectivity index (χ0n) is 17.3. The fourth-order valence-corrected chi connectivity index (χ4v) is 3.64. The molecule has 0 radical (unpaired) electrons. The van der Waals surface area contributed by atoms with E-state index in [4.69, 9.17) is 9.15 Å². The third-order valence-corrected chi connectivity index (χ3v) is 5.41. The van der Waals surface area contributed by atoms with E-state index < -0.39 is 18.0 Å². The Hall–Kier alpha value is -3.41. The summed E-state index contributed by atoms with van der Waals surface area (Å²) in [5.74, 6) is -0.708. The van der Waals surface area contributed by atoms with Gasteiger partial charge in [0.05, 0.1) is 11.6 Å². The number of nitrogens with one attached hydrogen (secondary N) is 2. The second-order valence-corrected chi connectivity index (χ2v) is 7.61. The van der Waals surface area contributed by atoms with Crippen LogP contribution in [0.4, 0.5) is 0 Å². The van der Waals surface area contributed by atoms with Crippen LogP contribution in [0.2, 0.25) is 0 Å². The van der Waals surface area contributed by atoms with Crippen molar-refractivity contribution in [3.8, 4) is 17.2 Å². The van der Waals surface area contributed by atoms with Gasteiger partial charge in [0.2, 0.25) is 0 Å². The molecule has 2 N–H and O–H groups in total. The van der Waals surface area contributed by atoms with Crippen molar-refractivity contribution >= 4 is 17.0 Å². The van der Waals surface area contributed by atoms with Gasteiger partial charge in [-0.1, -0.05) is 30.3 Å². The monoisotopic (exact) mass is 420 g/mol. The Labute approximate surface area is 179 Å². The zero-order valence-corrected chi connectivity index (χ0v) is 17.3. The van der Waals surface area contributed by atoms with E-state index >= 15 is 0 Å². The summed E-state index contributed by atoms with van der Waals surface area (Å²) >= 11 is 0. The highest BCUT2D eigenvalue weighted by Crippen LogP contribution is 2.24. The lowest BCUT2D eigenvalue weighted by atomic mass is 10.0. The SMILES string of the molecule is Cn1c(=O)oc2ccc(-c3ccc(C[C@@H](C#N)NC(=O)[C@H]4NCCCCO4)cc3)cc21. The first-order valence-electron chi connectivity index (χ1n) is 10.3. The highest BCUT2D eigenvalue weighted by atomic mass is 16.5. The number of nitriles is 1. The highest BCUT2D eigenvalue weighted by Gasteiger charge is 2.23. The third-order valence-electron chi connectivity index (χ3n) is 5.41. The molecule has 0 bridgehead atoms. The molecule has 160 valence electrons. The standard InChI is InChI=1S/C23H24N4O4/c1-27-19-13-17(8-9-20(19)31-23(27)29)16-6-4-15(5-7-16)12-18(14-24)26-21(28)22-25-10-2-3-11-30-22/h4-9,13,18,22,25H,2-3,10-12H2,1H3,(H,26,28)/t18-,22-/m0/s1. The van der Waals surface area contributed by atoms with Crippen LogP contribution in [-0.4, -0.2) is 35.9 Å². The Balaban J connectivity index is 1.43. The Morgan fingerprint density at radius 1 is 1.26 bits per heavy atom. The summed E-state index contributed by atoms with van der Waals surface area (Å²) in [4.78, 5) is 24.1. The van der Waals surface area contributed by atoms with Gasteiger partial charge < -0.3 is 14.5 Å². The lowest BCUT2D eigenvalue weighted by Crippen LogP contribution is -2.49. The molecule has 2 heterocycles. The summed E-state index contributed by atoms with van der Waals surface area (Å²) in [6.45, 7) is 1.25. The number of aryl methyl sites for hydroxylation is 1. The number of benzene rings is 2. The van der Waals surface area contributed by atoms with Crippen LogP contribution in [-0.2, 0) is 23.0 Å². The van der Waals surface area contributed by atoms with E-state index in [1.807, 2.05) is 36.4 Å². The number of ether oxygens (including phenoxy) is 1. The molecule has 1 aliphatic heterocycles. The molecule has 1 aromatic heterocycles. The van der Waals surface area contributed by atoms with Crippen molar-refractivity contribution < 1.29 is 13.9 Å². The molecule has 1 amide bonds. The first-order chi connectivity index (χ1) is 15.0. The van der Waals surface area contributed by atoms with E-state index in [0.29, 0.717) is 18.6 Å². The predicted molar refractivity (Wildman–Crippen MR) is 115 cm³/mol. The average Bonchev–Trinajstić information content (AvgIpc) is 2.96. The number of carbonyl (C=O) groups is 1. The molecular weight excluding hydrogens is 396 g/mol. The van der Waals surface area contributed by atoms with Gasteiger partial charge in [-0.2, -0.15) is 5.26 Å². The van der Waals surface area contributed by atoms with Gasteiger partial charge >= 0.3 is 5.76 Å². The average molecular weight is 420 g/mol. The fourth-order valence-electron chi connectivity index (χ4n) is 3.64. The molecule has 0 saturated carbocycles. The number of rotatable bonds is 5. The quantitative estimate of drug-likeness (QED) is 0.654. The van der Waals surface area contributed by atoms with E-state index in [0.717, 1.165) is 41.6 Å². The summed E-state index contributed by atoms with van der Waals surface area (Å²) in [6, 6.07) is 14.9. The van der Waals surface area contributed by atoms with Gasteiger partial charge in [-0.05, 0) is 48.2 Å². The minimum absolute atomic E-state index is 0.316. The molecule has 0 unspecified atom stereocenters. The van der Waals surface area contributed by atoms with Crippen LogP contribution in [0.3, 0.4) is 0 Å². The van der Waals surface area contributed by atoms with Gasteiger partial charge in [-0.15, -0.1) is 0 Å². The van der Waals surface area contributed by atoms with E-state index in [2.05, 4.69) is 16.7 Å². The number of hydrogen-bond acceptors (Lipinski definition) is 6. The van der Waals surface area contributed by atoms with Crippen LogP contribution in [0, 0.1) is 11.3 Å². The van der Waals surface area contributed by atoms with Gasteiger partial charge in [0.1, 0.15) is 6.04 Å². The fraction of sp³-hybridized carbons (Fsp3) is 0.348. The Morgan fingerprint density at radius 3 is 2.81 bits per heavy atom. The number of hydrogen-bond donors (Lipinski definition) is 2. The molecule has 8 heteroatoms. The van der Waals surface area contributed by atoms with Crippen LogP contribution in [0.5, 0.6) is 0 Å². The Bertz CT molecular complexity index is 1160. The van der Waals surface area contributed by atoms with Crippen LogP contribution in [0.25, 0.3) is 22.2 Å². The molecule has 3 aromatic rings. The first-order valence-corrected chi connectivity index (χ1v) is 10.3. The van der Waals surface area contributed by atoms with Crippen molar-refractivity contribution in [3.05, 3.63) is 58.6 Å². The minimum Gasteiger partial charge on any atom is -0.408 e. The maximum Gasteiger partial charge on any atom is 0.419 e. The smallest absolute Gasteiger partial charge is 0.408 e. The second-order valence-electron chi connectivity index (χ2n) is 7.61. The summed E-state index contributed by atoms with van der Waals surface area (Å²) in [5, 5.41) is 15.3. The molecule has 1 fully saturated rings. The third kappa shape index (κ3) is 4.68. The maximum absolute atomic E-state index is 12.4. The van der Waals surface area contributed by atoms with Crippen molar-refractivity contribution in [2.45, 2.75) is 31.5 Å². The van der Waals surface area contributed by atoms with Gasteiger partial charge in [-0.25, -0.2) is 4.79 Å². The summed E-state index contributed by atoms with van der Waals surface area (Å²) in [6.07, 6.45) is 1.55. The molecule has 4 rings (SSSR count). The lowest BCUT2D eigenvalue weighted by molar-refractivity contribution is -0.134. The summed E-state index contributed by atoms with van der Waals surface area (Å²) in [5.41, 5.74) is 4.15. The molecule has 1 saturated heterocycles. The van der Waals surface area contributed by atoms with Crippen molar-refractivity contribution in [2.24, 2.45) is 7.05 Å². The number of fused-ring (bicyclic) bond motifs is 1. The topological polar surface area (TPSA) is 109 Å². The molecular formula is C23H24N4O4. The van der Waals surface area contributed by atoms with Crippen LogP contribution >= 0.6 is 0 Å².